The molecule has 2 N–H and O–H groups in total. The number of anilines is 2. The molecule has 0 atom stereocenters. The molecule has 0 bridgehead atoms. The lowest BCUT2D eigenvalue weighted by Crippen LogP contribution is -3.15. The lowest BCUT2D eigenvalue weighted by atomic mass is 10.2. The monoisotopic (exact) mass is 422 g/mol. The minimum Gasteiger partial charge on any atom is -0.360 e. The highest BCUT2D eigenvalue weighted by Gasteiger charge is 2.24. The topological polar surface area (TPSA) is 70.0 Å². The molecule has 150 valence electrons. The highest BCUT2D eigenvalue weighted by Crippen LogP contribution is 2.23. The summed E-state index contributed by atoms with van der Waals surface area (Å²) in [7, 11) is 3.40. The normalized spacial score (nSPS) is 14.8. The number of piperazine rings is 1. The first kappa shape index (κ1) is 20.6. The summed E-state index contributed by atoms with van der Waals surface area (Å²) >= 11 is 7.30. The number of thiazole rings is 1. The molecule has 1 fully saturated rings. The van der Waals surface area contributed by atoms with E-state index in [4.69, 9.17) is 11.6 Å². The predicted molar refractivity (Wildman–Crippen MR) is 113 cm³/mol. The van der Waals surface area contributed by atoms with Crippen molar-refractivity contribution in [2.24, 2.45) is 0 Å². The van der Waals surface area contributed by atoms with E-state index in [1.54, 1.807) is 21.0 Å². The van der Waals surface area contributed by atoms with Crippen molar-refractivity contribution in [1.82, 2.24) is 9.88 Å². The third-order valence-electron chi connectivity index (χ3n) is 4.70. The number of carbonyl (C=O) groups excluding carboxylic acids is 2. The zero-order valence-corrected chi connectivity index (χ0v) is 17.9. The van der Waals surface area contributed by atoms with E-state index in [1.807, 2.05) is 18.2 Å². The zero-order chi connectivity index (χ0) is 20.3. The molecule has 0 radical (unpaired) electrons. The maximum Gasteiger partial charge on any atom is 0.281 e. The van der Waals surface area contributed by atoms with Gasteiger partial charge in [-0.3, -0.25) is 14.9 Å². The molecule has 0 aliphatic carbocycles. The largest absolute Gasteiger partial charge is 0.360 e. The van der Waals surface area contributed by atoms with Crippen molar-refractivity contribution in [3.63, 3.8) is 0 Å². The first-order chi connectivity index (χ1) is 13.3. The summed E-state index contributed by atoms with van der Waals surface area (Å²) in [5.41, 5.74) is 1.76. The molecule has 0 spiro atoms. The average molecular weight is 423 g/mol. The van der Waals surface area contributed by atoms with Crippen LogP contribution >= 0.6 is 22.9 Å². The van der Waals surface area contributed by atoms with Gasteiger partial charge in [0, 0.05) is 24.8 Å². The Morgan fingerprint density at radius 3 is 2.68 bits per heavy atom. The Labute approximate surface area is 173 Å². The molecule has 2 amide bonds. The second-order valence-corrected chi connectivity index (χ2v) is 8.51. The maximum absolute atomic E-state index is 12.4. The molecule has 1 aromatic heterocycles. The van der Waals surface area contributed by atoms with E-state index in [9.17, 15) is 9.59 Å². The maximum atomic E-state index is 12.4. The standard InChI is InChI=1S/C19H24ClN5O2S/c1-13-17(18(27)23(2)3)28-19(21-13)22-16(26)12-24-7-9-25(10-8-24)15-6-4-5-14(20)11-15/h4-6,11H,7-10,12H2,1-3H3,(H,21,22,26)/p+1. The lowest BCUT2D eigenvalue weighted by molar-refractivity contribution is -0.892. The van der Waals surface area contributed by atoms with Crippen molar-refractivity contribution in [2.45, 2.75) is 6.92 Å². The Kier molecular flexibility index (Phi) is 6.53. The van der Waals surface area contributed by atoms with Crippen LogP contribution in [0.5, 0.6) is 0 Å². The Morgan fingerprint density at radius 2 is 2.04 bits per heavy atom. The second-order valence-electron chi connectivity index (χ2n) is 7.08. The van der Waals surface area contributed by atoms with Gasteiger partial charge in [0.1, 0.15) is 4.88 Å². The van der Waals surface area contributed by atoms with Gasteiger partial charge >= 0.3 is 0 Å². The molecule has 1 saturated heterocycles. The Morgan fingerprint density at radius 1 is 1.32 bits per heavy atom. The quantitative estimate of drug-likeness (QED) is 0.758. The Balaban J connectivity index is 1.51. The van der Waals surface area contributed by atoms with Gasteiger partial charge in [0.2, 0.25) is 0 Å². The van der Waals surface area contributed by atoms with Gasteiger partial charge in [0.05, 0.1) is 31.9 Å². The number of nitrogens with one attached hydrogen (secondary N) is 2. The first-order valence-electron chi connectivity index (χ1n) is 9.16. The number of rotatable bonds is 5. The van der Waals surface area contributed by atoms with Gasteiger partial charge in [0.25, 0.3) is 11.8 Å². The van der Waals surface area contributed by atoms with Crippen LogP contribution in [0.3, 0.4) is 0 Å². The molecule has 3 rings (SSSR count). The van der Waals surface area contributed by atoms with Crippen molar-refractivity contribution < 1.29 is 14.5 Å². The highest BCUT2D eigenvalue weighted by atomic mass is 35.5. The Bertz CT molecular complexity index is 862. The Hall–Kier alpha value is -2.16. The molecule has 0 unspecified atom stereocenters. The highest BCUT2D eigenvalue weighted by molar-refractivity contribution is 7.17. The number of hydrogen-bond donors (Lipinski definition) is 2. The molecular weight excluding hydrogens is 398 g/mol. The minimum atomic E-state index is -0.0988. The molecule has 0 saturated carbocycles. The van der Waals surface area contributed by atoms with E-state index in [0.29, 0.717) is 22.2 Å². The van der Waals surface area contributed by atoms with E-state index in [-0.39, 0.29) is 11.8 Å². The number of hydrogen-bond acceptors (Lipinski definition) is 5. The minimum absolute atomic E-state index is 0.0798. The van der Waals surface area contributed by atoms with E-state index >= 15 is 0 Å². The van der Waals surface area contributed by atoms with Crippen LogP contribution in [0.25, 0.3) is 0 Å². The molecule has 2 aromatic rings. The van der Waals surface area contributed by atoms with Crippen LogP contribution in [0, 0.1) is 6.92 Å². The van der Waals surface area contributed by atoms with Crippen molar-refractivity contribution in [3.05, 3.63) is 39.9 Å². The fourth-order valence-corrected chi connectivity index (χ4v) is 4.36. The number of amides is 2. The summed E-state index contributed by atoms with van der Waals surface area (Å²) < 4.78 is 0. The number of aromatic nitrogens is 1. The molecular formula is C19H25ClN5O2S+. The van der Waals surface area contributed by atoms with Crippen LogP contribution in [0.15, 0.2) is 24.3 Å². The van der Waals surface area contributed by atoms with Gasteiger partial charge in [-0.05, 0) is 25.1 Å². The number of aryl methyl sites for hydroxylation is 1. The number of carbonyl (C=O) groups is 2. The van der Waals surface area contributed by atoms with E-state index in [0.717, 1.165) is 36.9 Å². The van der Waals surface area contributed by atoms with Gasteiger partial charge in [-0.2, -0.15) is 0 Å². The van der Waals surface area contributed by atoms with Crippen LogP contribution in [-0.2, 0) is 4.79 Å². The van der Waals surface area contributed by atoms with Crippen LogP contribution < -0.4 is 15.1 Å². The van der Waals surface area contributed by atoms with Crippen LogP contribution in [0.2, 0.25) is 5.02 Å². The van der Waals surface area contributed by atoms with Crippen molar-refractivity contribution in [1.29, 1.82) is 0 Å². The molecule has 7 nitrogen and oxygen atoms in total. The molecule has 28 heavy (non-hydrogen) atoms. The number of nitrogens with zero attached hydrogens (tertiary/aromatic N) is 3. The fourth-order valence-electron chi connectivity index (χ4n) is 3.17. The summed E-state index contributed by atoms with van der Waals surface area (Å²) in [6.45, 7) is 5.67. The second kappa shape index (κ2) is 8.89. The SMILES string of the molecule is Cc1nc(NC(=O)C[NH+]2CCN(c3cccc(Cl)c3)CC2)sc1C(=O)N(C)C. The van der Waals surface area contributed by atoms with Gasteiger partial charge < -0.3 is 14.7 Å². The zero-order valence-electron chi connectivity index (χ0n) is 16.3. The molecule has 2 heterocycles. The van der Waals surface area contributed by atoms with E-state index in [2.05, 4.69) is 21.3 Å². The molecule has 1 aliphatic heterocycles. The average Bonchev–Trinajstić information content (AvgIpc) is 3.01. The molecule has 1 aromatic carbocycles. The van der Waals surface area contributed by atoms with Crippen molar-refractivity contribution in [2.75, 3.05) is 57.0 Å². The summed E-state index contributed by atoms with van der Waals surface area (Å²) in [4.78, 5) is 34.4. The smallest absolute Gasteiger partial charge is 0.281 e. The van der Waals surface area contributed by atoms with Gasteiger partial charge in [-0.25, -0.2) is 4.98 Å². The van der Waals surface area contributed by atoms with Crippen LogP contribution in [0.4, 0.5) is 10.8 Å². The number of benzene rings is 1. The van der Waals surface area contributed by atoms with E-state index in [1.165, 1.54) is 21.1 Å². The van der Waals surface area contributed by atoms with Gasteiger partial charge in [-0.15, -0.1) is 0 Å². The molecule has 9 heteroatoms. The summed E-state index contributed by atoms with van der Waals surface area (Å²) in [6.07, 6.45) is 0. The predicted octanol–water partition coefficient (Wildman–Crippen LogP) is 1.15. The van der Waals surface area contributed by atoms with Crippen molar-refractivity contribution in [3.8, 4) is 0 Å². The number of halogens is 1. The first-order valence-corrected chi connectivity index (χ1v) is 10.4. The van der Waals surface area contributed by atoms with Gasteiger partial charge in [-0.1, -0.05) is 29.0 Å². The number of quaternary nitrogens is 1. The van der Waals surface area contributed by atoms with Crippen molar-refractivity contribution >= 4 is 45.6 Å². The molecule has 1 aliphatic rings. The summed E-state index contributed by atoms with van der Waals surface area (Å²) in [6, 6.07) is 7.85. The lowest BCUT2D eigenvalue weighted by Gasteiger charge is -2.33. The summed E-state index contributed by atoms with van der Waals surface area (Å²) in [5, 5.41) is 4.05. The third-order valence-corrected chi connectivity index (χ3v) is 5.99. The van der Waals surface area contributed by atoms with Crippen LogP contribution in [-0.4, -0.2) is 68.5 Å². The van der Waals surface area contributed by atoms with E-state index < -0.39 is 0 Å². The fraction of sp³-hybridized carbons (Fsp3) is 0.421. The van der Waals surface area contributed by atoms with Crippen LogP contribution in [0.1, 0.15) is 15.4 Å². The van der Waals surface area contributed by atoms with Gasteiger partial charge in [0.15, 0.2) is 11.7 Å². The summed E-state index contributed by atoms with van der Waals surface area (Å²) in [5.74, 6) is -0.179. The third kappa shape index (κ3) is 5.01.